The van der Waals surface area contributed by atoms with Gasteiger partial charge in [-0.2, -0.15) is 0 Å². The van der Waals surface area contributed by atoms with Gasteiger partial charge in [-0.1, -0.05) is 12.1 Å². The van der Waals surface area contributed by atoms with Crippen LogP contribution in [0.1, 0.15) is 29.8 Å². The van der Waals surface area contributed by atoms with E-state index in [9.17, 15) is 14.3 Å². The first-order valence-electron chi connectivity index (χ1n) is 5.92. The zero-order valence-corrected chi connectivity index (χ0v) is 11.9. The minimum atomic E-state index is -1.12. The lowest BCUT2D eigenvalue weighted by Gasteiger charge is -2.18. The summed E-state index contributed by atoms with van der Waals surface area (Å²) in [5.74, 6) is -1.12. The number of primary amides is 1. The maximum absolute atomic E-state index is 14.1. The first-order chi connectivity index (χ1) is 9.20. The fourth-order valence-electron chi connectivity index (χ4n) is 1.83. The molecule has 1 heterocycles. The van der Waals surface area contributed by atoms with Crippen LogP contribution in [0.3, 0.4) is 0 Å². The molecule has 2 rings (SSSR count). The van der Waals surface area contributed by atoms with Gasteiger partial charge in [0.15, 0.2) is 0 Å². The normalized spacial score (nSPS) is 11.6. The SMILES string of the molecule is CC(C)(O)c1ccc(-c2cc(C(N)=O)c(N)s2)c(F)c1. The summed E-state index contributed by atoms with van der Waals surface area (Å²) in [5.41, 5.74) is 10.7. The molecule has 0 aliphatic carbocycles. The zero-order chi connectivity index (χ0) is 15.1. The van der Waals surface area contributed by atoms with E-state index in [1.807, 2.05) is 0 Å². The van der Waals surface area contributed by atoms with Crippen LogP contribution in [-0.2, 0) is 5.60 Å². The number of thiophene rings is 1. The highest BCUT2D eigenvalue weighted by molar-refractivity contribution is 7.19. The number of hydrogen-bond acceptors (Lipinski definition) is 4. The highest BCUT2D eigenvalue weighted by atomic mass is 32.1. The molecule has 2 aromatic rings. The Hall–Kier alpha value is -1.92. The summed E-state index contributed by atoms with van der Waals surface area (Å²) in [6.45, 7) is 3.16. The Labute approximate surface area is 119 Å². The Kier molecular flexibility index (Phi) is 3.54. The Morgan fingerprint density at radius 3 is 2.45 bits per heavy atom. The molecule has 0 unspecified atom stereocenters. The number of benzene rings is 1. The van der Waals surface area contributed by atoms with E-state index in [4.69, 9.17) is 11.5 Å². The second-order valence-corrected chi connectivity index (χ2v) is 6.09. The molecule has 0 spiro atoms. The van der Waals surface area contributed by atoms with Gasteiger partial charge in [-0.15, -0.1) is 11.3 Å². The van der Waals surface area contributed by atoms with Crippen molar-refractivity contribution in [3.8, 4) is 10.4 Å². The largest absolute Gasteiger partial charge is 0.390 e. The number of amides is 1. The number of anilines is 1. The molecule has 6 heteroatoms. The summed E-state index contributed by atoms with van der Waals surface area (Å²) in [6.07, 6.45) is 0. The van der Waals surface area contributed by atoms with Gasteiger partial charge in [0.05, 0.1) is 16.2 Å². The van der Waals surface area contributed by atoms with E-state index in [0.717, 1.165) is 11.3 Å². The Morgan fingerprint density at radius 1 is 1.35 bits per heavy atom. The molecule has 0 saturated carbocycles. The van der Waals surface area contributed by atoms with E-state index < -0.39 is 17.3 Å². The molecule has 0 saturated heterocycles. The molecular weight excluding hydrogens is 279 g/mol. The van der Waals surface area contributed by atoms with Crippen LogP contribution >= 0.6 is 11.3 Å². The van der Waals surface area contributed by atoms with Crippen molar-refractivity contribution in [3.05, 3.63) is 41.2 Å². The third-order valence-electron chi connectivity index (χ3n) is 2.97. The maximum atomic E-state index is 14.1. The zero-order valence-electron chi connectivity index (χ0n) is 11.1. The van der Waals surface area contributed by atoms with Gasteiger partial charge >= 0.3 is 0 Å². The summed E-state index contributed by atoms with van der Waals surface area (Å²) < 4.78 is 14.1. The van der Waals surface area contributed by atoms with E-state index in [1.165, 1.54) is 12.1 Å². The Morgan fingerprint density at radius 2 is 2.00 bits per heavy atom. The van der Waals surface area contributed by atoms with E-state index in [2.05, 4.69) is 0 Å². The number of halogens is 1. The maximum Gasteiger partial charge on any atom is 0.251 e. The molecular formula is C14H15FN2O2S. The van der Waals surface area contributed by atoms with Gasteiger partial charge in [0.1, 0.15) is 5.82 Å². The molecule has 5 N–H and O–H groups in total. The first-order valence-corrected chi connectivity index (χ1v) is 6.73. The van der Waals surface area contributed by atoms with Gasteiger partial charge in [0.25, 0.3) is 5.91 Å². The van der Waals surface area contributed by atoms with Crippen molar-refractivity contribution in [3.63, 3.8) is 0 Å². The van der Waals surface area contributed by atoms with E-state index in [1.54, 1.807) is 26.0 Å². The van der Waals surface area contributed by atoms with Crippen LogP contribution in [0.2, 0.25) is 0 Å². The van der Waals surface area contributed by atoms with Gasteiger partial charge in [0, 0.05) is 10.4 Å². The number of nitrogen functional groups attached to an aromatic ring is 1. The van der Waals surface area contributed by atoms with Gasteiger partial charge in [-0.05, 0) is 31.5 Å². The summed E-state index contributed by atoms with van der Waals surface area (Å²) in [4.78, 5) is 11.7. The number of carbonyl (C=O) groups is 1. The molecule has 0 aliphatic rings. The van der Waals surface area contributed by atoms with Crippen molar-refractivity contribution in [2.24, 2.45) is 5.73 Å². The average Bonchev–Trinajstić information content (AvgIpc) is 2.69. The van der Waals surface area contributed by atoms with Crippen LogP contribution in [-0.4, -0.2) is 11.0 Å². The van der Waals surface area contributed by atoms with E-state index in [0.29, 0.717) is 16.0 Å². The number of hydrogen-bond donors (Lipinski definition) is 3. The number of carbonyl (C=O) groups excluding carboxylic acids is 1. The standard InChI is InChI=1S/C14H15FN2O2S/c1-14(2,19)7-3-4-8(10(15)5-7)11-6-9(12(16)18)13(17)20-11/h3-6,19H,17H2,1-2H3,(H2,16,18). The molecule has 1 amide bonds. The molecule has 0 radical (unpaired) electrons. The quantitative estimate of drug-likeness (QED) is 0.812. The summed E-state index contributed by atoms with van der Waals surface area (Å²) in [7, 11) is 0. The molecule has 4 nitrogen and oxygen atoms in total. The van der Waals surface area contributed by atoms with E-state index in [-0.39, 0.29) is 10.6 Å². The molecule has 0 aliphatic heterocycles. The predicted octanol–water partition coefficient (Wildman–Crippen LogP) is 2.46. The Bertz CT molecular complexity index is 674. The fourth-order valence-corrected chi connectivity index (χ4v) is 2.78. The van der Waals surface area contributed by atoms with Crippen molar-refractivity contribution in [2.75, 3.05) is 5.73 Å². The third-order valence-corrected chi connectivity index (χ3v) is 3.96. The number of aliphatic hydroxyl groups is 1. The van der Waals surface area contributed by atoms with Gasteiger partial charge in [-0.3, -0.25) is 4.79 Å². The van der Waals surface area contributed by atoms with Crippen molar-refractivity contribution < 1.29 is 14.3 Å². The number of nitrogens with two attached hydrogens (primary N) is 2. The molecule has 0 fully saturated rings. The Balaban J connectivity index is 2.49. The second kappa shape index (κ2) is 4.88. The lowest BCUT2D eigenvalue weighted by atomic mass is 9.96. The summed E-state index contributed by atoms with van der Waals surface area (Å²) in [5, 5.41) is 10.1. The molecule has 0 bridgehead atoms. The molecule has 106 valence electrons. The summed E-state index contributed by atoms with van der Waals surface area (Å²) in [6, 6.07) is 5.94. The fraction of sp³-hybridized carbons (Fsp3) is 0.214. The van der Waals surface area contributed by atoms with Crippen molar-refractivity contribution in [2.45, 2.75) is 19.4 Å². The van der Waals surface area contributed by atoms with Crippen molar-refractivity contribution >= 4 is 22.2 Å². The highest BCUT2D eigenvalue weighted by Gasteiger charge is 2.19. The lowest BCUT2D eigenvalue weighted by Crippen LogP contribution is -2.15. The van der Waals surface area contributed by atoms with Gasteiger partial charge in [0.2, 0.25) is 0 Å². The number of rotatable bonds is 3. The molecule has 1 aromatic carbocycles. The predicted molar refractivity (Wildman–Crippen MR) is 77.9 cm³/mol. The van der Waals surface area contributed by atoms with Crippen LogP contribution in [0.15, 0.2) is 24.3 Å². The minimum absolute atomic E-state index is 0.191. The van der Waals surface area contributed by atoms with Crippen LogP contribution in [0.4, 0.5) is 9.39 Å². The van der Waals surface area contributed by atoms with Crippen LogP contribution in [0.5, 0.6) is 0 Å². The monoisotopic (exact) mass is 294 g/mol. The summed E-state index contributed by atoms with van der Waals surface area (Å²) >= 11 is 1.10. The van der Waals surface area contributed by atoms with Gasteiger partial charge in [-0.25, -0.2) is 4.39 Å². The van der Waals surface area contributed by atoms with Crippen LogP contribution in [0, 0.1) is 5.82 Å². The smallest absolute Gasteiger partial charge is 0.251 e. The van der Waals surface area contributed by atoms with Crippen LogP contribution < -0.4 is 11.5 Å². The van der Waals surface area contributed by atoms with Crippen LogP contribution in [0.25, 0.3) is 10.4 Å². The topological polar surface area (TPSA) is 89.3 Å². The van der Waals surface area contributed by atoms with Gasteiger partial charge < -0.3 is 16.6 Å². The minimum Gasteiger partial charge on any atom is -0.390 e. The molecule has 1 aromatic heterocycles. The van der Waals surface area contributed by atoms with E-state index >= 15 is 0 Å². The molecule has 20 heavy (non-hydrogen) atoms. The third kappa shape index (κ3) is 2.66. The van der Waals surface area contributed by atoms with Crippen molar-refractivity contribution in [1.82, 2.24) is 0 Å². The average molecular weight is 294 g/mol. The first kappa shape index (κ1) is 14.5. The lowest BCUT2D eigenvalue weighted by molar-refractivity contribution is 0.0782. The molecule has 0 atom stereocenters. The highest BCUT2D eigenvalue weighted by Crippen LogP contribution is 2.35. The second-order valence-electron chi connectivity index (χ2n) is 5.01. The van der Waals surface area contributed by atoms with Crippen molar-refractivity contribution in [1.29, 1.82) is 0 Å².